The molecular weight excluding hydrogens is 424 g/mol. The molecule has 0 spiro atoms. The molecule has 1 aliphatic heterocycles. The summed E-state index contributed by atoms with van der Waals surface area (Å²) in [7, 11) is 0. The van der Waals surface area contributed by atoms with E-state index in [4.69, 9.17) is 9.72 Å². The van der Waals surface area contributed by atoms with Crippen LogP contribution < -0.4 is 10.1 Å². The normalized spacial score (nSPS) is 14.3. The second-order valence-electron chi connectivity index (χ2n) is 8.96. The fourth-order valence-corrected chi connectivity index (χ4v) is 4.61. The second kappa shape index (κ2) is 10.00. The first-order chi connectivity index (χ1) is 16.7. The van der Waals surface area contributed by atoms with E-state index in [0.717, 1.165) is 66.3 Å². The van der Waals surface area contributed by atoms with Crippen LogP contribution in [0.1, 0.15) is 24.2 Å². The molecule has 174 valence electrons. The zero-order valence-corrected chi connectivity index (χ0v) is 19.5. The summed E-state index contributed by atoms with van der Waals surface area (Å²) >= 11 is 0. The maximum Gasteiger partial charge on any atom is 0.321 e. The number of hydrogen-bond donors (Lipinski definition) is 1. The van der Waals surface area contributed by atoms with Gasteiger partial charge in [-0.15, -0.1) is 0 Å². The molecule has 3 aromatic carbocycles. The number of carbonyl (C=O) groups excluding carboxylic acids is 1. The number of rotatable bonds is 6. The van der Waals surface area contributed by atoms with E-state index in [-0.39, 0.29) is 6.03 Å². The Morgan fingerprint density at radius 3 is 2.56 bits per heavy atom. The van der Waals surface area contributed by atoms with Crippen molar-refractivity contribution in [1.82, 2.24) is 14.5 Å². The Morgan fingerprint density at radius 2 is 1.76 bits per heavy atom. The Hall–Kier alpha value is -3.80. The summed E-state index contributed by atoms with van der Waals surface area (Å²) in [6, 6.07) is 26.0. The number of carbonyl (C=O) groups is 1. The number of para-hydroxylation sites is 3. The number of piperidine rings is 1. The van der Waals surface area contributed by atoms with Crippen molar-refractivity contribution in [2.75, 3.05) is 18.4 Å². The SMILES string of the molecule is Cc1cccc(NC(=O)N2CCC(Cn3c(COc4ccccc4)nc4ccccc43)CC2)c1. The van der Waals surface area contributed by atoms with E-state index in [1.165, 1.54) is 0 Å². The molecule has 0 saturated carbocycles. The molecule has 0 aliphatic carbocycles. The van der Waals surface area contributed by atoms with Gasteiger partial charge in [0.05, 0.1) is 11.0 Å². The third kappa shape index (κ3) is 5.06. The van der Waals surface area contributed by atoms with Crippen LogP contribution in [0.3, 0.4) is 0 Å². The summed E-state index contributed by atoms with van der Waals surface area (Å²) in [4.78, 5) is 19.5. The van der Waals surface area contributed by atoms with E-state index in [9.17, 15) is 4.79 Å². The molecule has 6 heteroatoms. The summed E-state index contributed by atoms with van der Waals surface area (Å²) in [5.41, 5.74) is 4.11. The van der Waals surface area contributed by atoms with Gasteiger partial charge < -0.3 is 19.5 Å². The van der Waals surface area contributed by atoms with Crippen LogP contribution in [0.5, 0.6) is 5.75 Å². The second-order valence-corrected chi connectivity index (χ2v) is 8.96. The van der Waals surface area contributed by atoms with Gasteiger partial charge in [0.2, 0.25) is 0 Å². The van der Waals surface area contributed by atoms with Crippen LogP contribution in [-0.2, 0) is 13.2 Å². The highest BCUT2D eigenvalue weighted by molar-refractivity contribution is 5.89. The number of fused-ring (bicyclic) bond motifs is 1. The highest BCUT2D eigenvalue weighted by Crippen LogP contribution is 2.25. The van der Waals surface area contributed by atoms with E-state index in [0.29, 0.717) is 12.5 Å². The molecule has 2 heterocycles. The molecule has 4 aromatic rings. The number of urea groups is 1. The van der Waals surface area contributed by atoms with Crippen molar-refractivity contribution < 1.29 is 9.53 Å². The number of hydrogen-bond acceptors (Lipinski definition) is 3. The highest BCUT2D eigenvalue weighted by atomic mass is 16.5. The van der Waals surface area contributed by atoms with Crippen molar-refractivity contribution in [3.8, 4) is 5.75 Å². The summed E-state index contributed by atoms with van der Waals surface area (Å²) < 4.78 is 8.32. The number of likely N-dealkylation sites (tertiary alicyclic amines) is 1. The van der Waals surface area contributed by atoms with Crippen LogP contribution >= 0.6 is 0 Å². The lowest BCUT2D eigenvalue weighted by Crippen LogP contribution is -2.41. The van der Waals surface area contributed by atoms with Crippen molar-refractivity contribution >= 4 is 22.8 Å². The Kier molecular flexibility index (Phi) is 6.47. The van der Waals surface area contributed by atoms with E-state index in [1.54, 1.807) is 0 Å². The molecule has 1 saturated heterocycles. The van der Waals surface area contributed by atoms with Gasteiger partial charge >= 0.3 is 6.03 Å². The van der Waals surface area contributed by atoms with Crippen LogP contribution in [0.15, 0.2) is 78.9 Å². The van der Waals surface area contributed by atoms with Crippen molar-refractivity contribution in [2.45, 2.75) is 32.9 Å². The number of benzene rings is 3. The predicted molar refractivity (Wildman–Crippen MR) is 135 cm³/mol. The number of anilines is 1. The van der Waals surface area contributed by atoms with E-state index in [1.807, 2.05) is 72.5 Å². The topological polar surface area (TPSA) is 59.4 Å². The van der Waals surface area contributed by atoms with E-state index >= 15 is 0 Å². The van der Waals surface area contributed by atoms with Crippen molar-refractivity contribution in [3.63, 3.8) is 0 Å². The number of nitrogens with one attached hydrogen (secondary N) is 1. The molecule has 6 nitrogen and oxygen atoms in total. The molecule has 34 heavy (non-hydrogen) atoms. The number of imidazole rings is 1. The monoisotopic (exact) mass is 454 g/mol. The minimum atomic E-state index is -0.0194. The third-order valence-corrected chi connectivity index (χ3v) is 6.46. The number of ether oxygens (including phenoxy) is 1. The Morgan fingerprint density at radius 1 is 1.00 bits per heavy atom. The molecule has 1 fully saturated rings. The maximum atomic E-state index is 12.7. The molecule has 0 bridgehead atoms. The van der Waals surface area contributed by atoms with Crippen molar-refractivity contribution in [1.29, 1.82) is 0 Å². The Labute approximate surface area is 200 Å². The number of nitrogens with zero attached hydrogens (tertiary/aromatic N) is 3. The molecular formula is C28H30N4O2. The lowest BCUT2D eigenvalue weighted by atomic mass is 9.96. The molecule has 0 atom stereocenters. The number of amides is 2. The fourth-order valence-electron chi connectivity index (χ4n) is 4.61. The molecule has 1 N–H and O–H groups in total. The minimum absolute atomic E-state index is 0.0194. The first-order valence-electron chi connectivity index (χ1n) is 11.9. The molecule has 0 unspecified atom stereocenters. The summed E-state index contributed by atoms with van der Waals surface area (Å²) in [6.45, 7) is 4.84. The van der Waals surface area contributed by atoms with Gasteiger partial charge in [0.15, 0.2) is 0 Å². The van der Waals surface area contributed by atoms with Gasteiger partial charge in [-0.2, -0.15) is 0 Å². The summed E-state index contributed by atoms with van der Waals surface area (Å²) in [5, 5.41) is 3.03. The minimum Gasteiger partial charge on any atom is -0.486 e. The molecule has 1 aliphatic rings. The van der Waals surface area contributed by atoms with Crippen molar-refractivity contribution in [3.05, 3.63) is 90.3 Å². The zero-order valence-electron chi connectivity index (χ0n) is 19.5. The maximum absolute atomic E-state index is 12.7. The quantitative estimate of drug-likeness (QED) is 0.396. The van der Waals surface area contributed by atoms with Crippen LogP contribution in [0, 0.1) is 12.8 Å². The van der Waals surface area contributed by atoms with Crippen LogP contribution in [0.25, 0.3) is 11.0 Å². The van der Waals surface area contributed by atoms with Crippen LogP contribution in [0.4, 0.5) is 10.5 Å². The van der Waals surface area contributed by atoms with Gasteiger partial charge in [0, 0.05) is 25.3 Å². The standard InChI is InChI=1S/C28H30N4O2/c1-21-8-7-9-23(18-21)29-28(33)31-16-14-22(15-17-31)19-32-26-13-6-5-12-25(26)30-27(32)20-34-24-10-3-2-4-11-24/h2-13,18,22H,14-17,19-20H2,1H3,(H,29,33). The van der Waals surface area contributed by atoms with E-state index in [2.05, 4.69) is 28.1 Å². The Balaban J connectivity index is 1.23. The molecule has 5 rings (SSSR count). The zero-order chi connectivity index (χ0) is 23.3. The first-order valence-corrected chi connectivity index (χ1v) is 11.9. The van der Waals surface area contributed by atoms with Gasteiger partial charge in [-0.25, -0.2) is 9.78 Å². The van der Waals surface area contributed by atoms with Crippen LogP contribution in [-0.4, -0.2) is 33.6 Å². The fraction of sp³-hybridized carbons (Fsp3) is 0.286. The highest BCUT2D eigenvalue weighted by Gasteiger charge is 2.24. The number of aryl methyl sites for hydroxylation is 1. The first kappa shape index (κ1) is 22.0. The van der Waals surface area contributed by atoms with Crippen LogP contribution in [0.2, 0.25) is 0 Å². The average molecular weight is 455 g/mol. The predicted octanol–water partition coefficient (Wildman–Crippen LogP) is 5.87. The van der Waals surface area contributed by atoms with Gasteiger partial charge in [-0.1, -0.05) is 42.5 Å². The average Bonchev–Trinajstić information content (AvgIpc) is 3.21. The Bertz CT molecular complexity index is 1260. The lowest BCUT2D eigenvalue weighted by Gasteiger charge is -2.32. The van der Waals surface area contributed by atoms with Gasteiger partial charge in [0.25, 0.3) is 0 Å². The number of aromatic nitrogens is 2. The van der Waals surface area contributed by atoms with E-state index < -0.39 is 0 Å². The molecule has 0 radical (unpaired) electrons. The molecule has 2 amide bonds. The van der Waals surface area contributed by atoms with Crippen molar-refractivity contribution in [2.24, 2.45) is 5.92 Å². The lowest BCUT2D eigenvalue weighted by molar-refractivity contribution is 0.176. The van der Waals surface area contributed by atoms with Gasteiger partial charge in [-0.3, -0.25) is 0 Å². The summed E-state index contributed by atoms with van der Waals surface area (Å²) in [5.74, 6) is 2.26. The third-order valence-electron chi connectivity index (χ3n) is 6.46. The van der Waals surface area contributed by atoms with Gasteiger partial charge in [-0.05, 0) is 67.6 Å². The smallest absolute Gasteiger partial charge is 0.321 e. The largest absolute Gasteiger partial charge is 0.486 e. The summed E-state index contributed by atoms with van der Waals surface area (Å²) in [6.07, 6.45) is 1.93. The molecule has 1 aromatic heterocycles. The van der Waals surface area contributed by atoms with Gasteiger partial charge in [0.1, 0.15) is 18.2 Å².